The molecule has 1 saturated heterocycles. The topological polar surface area (TPSA) is 81.6 Å². The first-order chi connectivity index (χ1) is 14.9. The molecular weight excluding hydrogens is 416 g/mol. The van der Waals surface area contributed by atoms with Gasteiger partial charge in [0, 0.05) is 31.9 Å². The summed E-state index contributed by atoms with van der Waals surface area (Å²) >= 11 is 0. The van der Waals surface area contributed by atoms with Crippen molar-refractivity contribution in [1.82, 2.24) is 15.6 Å². The number of pyridine rings is 1. The van der Waals surface area contributed by atoms with E-state index in [-0.39, 0.29) is 18.4 Å². The van der Waals surface area contributed by atoms with Crippen molar-refractivity contribution in [2.45, 2.75) is 19.4 Å². The average molecular weight is 438 g/mol. The number of guanidine groups is 1. The van der Waals surface area contributed by atoms with Gasteiger partial charge in [-0.05, 0) is 37.6 Å². The zero-order valence-corrected chi connectivity index (χ0v) is 16.8. The lowest BCUT2D eigenvalue weighted by Gasteiger charge is -2.19. The molecule has 166 valence electrons. The largest absolute Gasteiger partial charge is 0.357 e. The number of halogens is 4. The van der Waals surface area contributed by atoms with Crippen LogP contribution in [0, 0.1) is 23.3 Å². The molecule has 1 aromatic heterocycles. The lowest BCUT2D eigenvalue weighted by molar-refractivity contribution is -0.114. The minimum Gasteiger partial charge on any atom is -0.357 e. The van der Waals surface area contributed by atoms with Gasteiger partial charge in [-0.1, -0.05) is 0 Å². The number of aromatic nitrogens is 1. The van der Waals surface area contributed by atoms with Crippen LogP contribution < -0.4 is 20.9 Å². The smallest absolute Gasteiger partial charge is 0.246 e. The summed E-state index contributed by atoms with van der Waals surface area (Å²) in [4.78, 5) is 22.1. The third-order valence-electron chi connectivity index (χ3n) is 4.60. The predicted molar refractivity (Wildman–Crippen MR) is 109 cm³/mol. The Labute approximate surface area is 176 Å². The predicted octanol–water partition coefficient (Wildman–Crippen LogP) is 2.41. The third-order valence-corrected chi connectivity index (χ3v) is 4.60. The molecule has 11 heteroatoms. The average Bonchev–Trinajstić information content (AvgIpc) is 3.21. The number of nitrogens with zero attached hydrogens (tertiary/aromatic N) is 3. The number of nitrogens with one attached hydrogen (secondary N) is 3. The maximum Gasteiger partial charge on any atom is 0.246 e. The molecule has 0 bridgehead atoms. The maximum absolute atomic E-state index is 13.9. The Morgan fingerprint density at radius 2 is 2.00 bits per heavy atom. The summed E-state index contributed by atoms with van der Waals surface area (Å²) in [5, 5.41) is 8.32. The molecule has 1 aromatic carbocycles. The highest BCUT2D eigenvalue weighted by molar-refractivity contribution is 5.94. The Bertz CT molecular complexity index is 971. The first-order valence-corrected chi connectivity index (χ1v) is 9.72. The second-order valence-corrected chi connectivity index (χ2v) is 6.85. The number of carbonyl (C=O) groups is 1. The van der Waals surface area contributed by atoms with E-state index in [1.54, 1.807) is 0 Å². The number of benzene rings is 1. The molecule has 0 spiro atoms. The van der Waals surface area contributed by atoms with Crippen molar-refractivity contribution < 1.29 is 22.4 Å². The van der Waals surface area contributed by atoms with E-state index in [9.17, 15) is 22.4 Å². The molecule has 1 amide bonds. The van der Waals surface area contributed by atoms with Crippen molar-refractivity contribution in [2.24, 2.45) is 4.99 Å². The first kappa shape index (κ1) is 22.3. The molecule has 2 aromatic rings. The third kappa shape index (κ3) is 5.62. The van der Waals surface area contributed by atoms with E-state index in [0.29, 0.717) is 32.0 Å². The Morgan fingerprint density at radius 1 is 1.19 bits per heavy atom. The molecule has 7 nitrogen and oxygen atoms in total. The number of rotatable bonds is 6. The summed E-state index contributed by atoms with van der Waals surface area (Å²) in [5.74, 6) is -4.96. The van der Waals surface area contributed by atoms with Crippen molar-refractivity contribution in [3.8, 4) is 0 Å². The van der Waals surface area contributed by atoms with Crippen molar-refractivity contribution in [3.63, 3.8) is 0 Å². The summed E-state index contributed by atoms with van der Waals surface area (Å²) in [6.45, 7) is 3.08. The monoisotopic (exact) mass is 438 g/mol. The Hall–Kier alpha value is -3.37. The number of carbonyl (C=O) groups excluding carboxylic acids is 1. The van der Waals surface area contributed by atoms with Gasteiger partial charge in [0.15, 0.2) is 35.0 Å². The van der Waals surface area contributed by atoms with Crippen LogP contribution in [0.15, 0.2) is 35.5 Å². The Balaban J connectivity index is 1.58. The van der Waals surface area contributed by atoms with E-state index in [1.165, 1.54) is 18.3 Å². The number of hydrogen-bond donors (Lipinski definition) is 3. The summed E-state index contributed by atoms with van der Waals surface area (Å²) in [6.07, 6.45) is 2.23. The molecule has 0 radical (unpaired) electrons. The molecule has 3 N–H and O–H groups in total. The van der Waals surface area contributed by atoms with Gasteiger partial charge in [0.1, 0.15) is 6.54 Å². The maximum atomic E-state index is 13.9. The molecule has 1 atom stereocenters. The van der Waals surface area contributed by atoms with Crippen LogP contribution in [0.25, 0.3) is 0 Å². The lowest BCUT2D eigenvalue weighted by atomic mass is 10.2. The molecule has 1 unspecified atom stereocenters. The fourth-order valence-electron chi connectivity index (χ4n) is 3.16. The van der Waals surface area contributed by atoms with Gasteiger partial charge in [0.05, 0.1) is 5.69 Å². The minimum absolute atomic E-state index is 0.0640. The summed E-state index contributed by atoms with van der Waals surface area (Å²) < 4.78 is 53.9. The number of amides is 1. The van der Waals surface area contributed by atoms with E-state index >= 15 is 0 Å². The van der Waals surface area contributed by atoms with Gasteiger partial charge in [0.2, 0.25) is 5.91 Å². The molecule has 0 aliphatic carbocycles. The normalized spacial score (nSPS) is 16.4. The molecule has 1 fully saturated rings. The van der Waals surface area contributed by atoms with Crippen LogP contribution in [0.2, 0.25) is 0 Å². The van der Waals surface area contributed by atoms with Crippen molar-refractivity contribution in [3.05, 3.63) is 53.7 Å². The van der Waals surface area contributed by atoms with E-state index in [0.717, 1.165) is 12.1 Å². The van der Waals surface area contributed by atoms with Crippen molar-refractivity contribution in [2.75, 3.05) is 36.4 Å². The fourth-order valence-corrected chi connectivity index (χ4v) is 3.16. The quantitative estimate of drug-likeness (QED) is 0.279. The number of anilines is 2. The summed E-state index contributed by atoms with van der Waals surface area (Å²) in [7, 11) is 0. The van der Waals surface area contributed by atoms with Crippen LogP contribution in [0.3, 0.4) is 0 Å². The minimum atomic E-state index is -1.66. The highest BCUT2D eigenvalue weighted by Crippen LogP contribution is 2.21. The Morgan fingerprint density at radius 3 is 2.74 bits per heavy atom. The first-order valence-electron chi connectivity index (χ1n) is 9.72. The van der Waals surface area contributed by atoms with Gasteiger partial charge in [-0.2, -0.15) is 0 Å². The molecule has 1 aliphatic rings. The van der Waals surface area contributed by atoms with Gasteiger partial charge in [-0.25, -0.2) is 27.5 Å². The van der Waals surface area contributed by atoms with E-state index < -0.39 is 34.9 Å². The van der Waals surface area contributed by atoms with E-state index in [4.69, 9.17) is 0 Å². The van der Waals surface area contributed by atoms with Crippen LogP contribution in [0.1, 0.15) is 13.3 Å². The molecule has 1 aliphatic heterocycles. The number of aliphatic imine (C=N–C) groups is 1. The SMILES string of the molecule is CCNC(=NCC(=O)Nc1ccc(F)c(F)c1F)NC1CCN(c2ncccc2F)C1. The summed E-state index contributed by atoms with van der Waals surface area (Å²) in [6, 6.07) is 4.47. The molecular formula is C20H22F4N6O. The second-order valence-electron chi connectivity index (χ2n) is 6.85. The zero-order valence-electron chi connectivity index (χ0n) is 16.8. The van der Waals surface area contributed by atoms with Gasteiger partial charge in [0.25, 0.3) is 0 Å². The van der Waals surface area contributed by atoms with Gasteiger partial charge in [-0.15, -0.1) is 0 Å². The van der Waals surface area contributed by atoms with Gasteiger partial charge < -0.3 is 20.9 Å². The van der Waals surface area contributed by atoms with Crippen LogP contribution in [-0.4, -0.2) is 49.1 Å². The van der Waals surface area contributed by atoms with Crippen LogP contribution in [-0.2, 0) is 4.79 Å². The van der Waals surface area contributed by atoms with Gasteiger partial charge in [-0.3, -0.25) is 4.79 Å². The lowest BCUT2D eigenvalue weighted by Crippen LogP contribution is -2.45. The van der Waals surface area contributed by atoms with Gasteiger partial charge >= 0.3 is 0 Å². The highest BCUT2D eigenvalue weighted by atomic mass is 19.2. The Kier molecular flexibility index (Phi) is 7.27. The van der Waals surface area contributed by atoms with Crippen LogP contribution in [0.5, 0.6) is 0 Å². The highest BCUT2D eigenvalue weighted by Gasteiger charge is 2.26. The molecule has 31 heavy (non-hydrogen) atoms. The molecule has 2 heterocycles. The zero-order chi connectivity index (χ0) is 22.4. The van der Waals surface area contributed by atoms with Crippen molar-refractivity contribution >= 4 is 23.4 Å². The van der Waals surface area contributed by atoms with E-state index in [1.807, 2.05) is 11.8 Å². The summed E-state index contributed by atoms with van der Waals surface area (Å²) in [5.41, 5.74) is -0.471. The fraction of sp³-hybridized carbons (Fsp3) is 0.350. The van der Waals surface area contributed by atoms with E-state index in [2.05, 4.69) is 25.9 Å². The van der Waals surface area contributed by atoms with Crippen molar-refractivity contribution in [1.29, 1.82) is 0 Å². The van der Waals surface area contributed by atoms with Crippen LogP contribution in [0.4, 0.5) is 29.1 Å². The van der Waals surface area contributed by atoms with Crippen LogP contribution >= 0.6 is 0 Å². The standard InChI is InChI=1S/C20H22F4N6O/c1-2-25-20(27-10-16(31)29-15-6-5-13(21)17(23)18(15)24)28-12-7-9-30(11-12)19-14(22)4-3-8-26-19/h3-6,8,12H,2,7,9-11H2,1H3,(H,29,31)(H2,25,27,28). The second kappa shape index (κ2) is 10.1. The molecule has 3 rings (SSSR count). The molecule has 0 saturated carbocycles. The number of hydrogen-bond acceptors (Lipinski definition) is 4.